The highest BCUT2D eigenvalue weighted by Crippen LogP contribution is 1.99. The van der Waals surface area contributed by atoms with Crippen molar-refractivity contribution >= 4 is 10.4 Å². The summed E-state index contributed by atoms with van der Waals surface area (Å²) < 4.78 is 32.3. The number of hydrogen-bond donors (Lipinski definition) is 0. The summed E-state index contributed by atoms with van der Waals surface area (Å²) >= 11 is 0. The molecule has 60 valence electrons. The molecule has 0 unspecified atom stereocenters. The molecule has 0 aliphatic rings. The fraction of sp³-hybridized carbons (Fsp3) is 0.500. The molecular formula is C4H4FN3O2S. The number of halogens is 1. The number of nitrogens with zero attached hydrogens (tertiary/aromatic N) is 3. The van der Waals surface area contributed by atoms with Crippen LogP contribution in [0.2, 0.25) is 0 Å². The molecular weight excluding hydrogens is 173 g/mol. The van der Waals surface area contributed by atoms with Crippen LogP contribution >= 0.6 is 0 Å². The maximum atomic E-state index is 12.0. The topological polar surface area (TPSA) is 85.0 Å². The van der Waals surface area contributed by atoms with Crippen molar-refractivity contribution in [3.63, 3.8) is 0 Å². The van der Waals surface area contributed by atoms with Gasteiger partial charge < -0.3 is 0 Å². The molecule has 0 fully saturated rings. The molecule has 0 N–H and O–H groups in total. The van der Waals surface area contributed by atoms with E-state index in [4.69, 9.17) is 10.5 Å². The molecule has 0 atom stereocenters. The van der Waals surface area contributed by atoms with Crippen LogP contribution in [0.5, 0.6) is 0 Å². The maximum absolute atomic E-state index is 12.0. The van der Waals surface area contributed by atoms with Gasteiger partial charge in [0.05, 0.1) is 12.1 Å². The largest absolute Gasteiger partial charge is 0.376 e. The van der Waals surface area contributed by atoms with Gasteiger partial charge in [0.15, 0.2) is 0 Å². The lowest BCUT2D eigenvalue weighted by atomic mass is 10.6. The summed E-state index contributed by atoms with van der Waals surface area (Å²) in [6.07, 6.45) is 0. The highest BCUT2D eigenvalue weighted by molar-refractivity contribution is 7.83. The summed E-state index contributed by atoms with van der Waals surface area (Å²) in [7, 11) is -4.90. The average Bonchev–Trinajstić information content (AvgIpc) is 1.85. The predicted molar refractivity (Wildman–Crippen MR) is 32.8 cm³/mol. The molecule has 0 aliphatic carbocycles. The Bertz CT molecular complexity index is 282. The van der Waals surface area contributed by atoms with E-state index < -0.39 is 23.5 Å². The summed E-state index contributed by atoms with van der Waals surface area (Å²) in [6, 6.07) is 2.83. The van der Waals surface area contributed by atoms with E-state index in [1.807, 2.05) is 0 Å². The monoisotopic (exact) mass is 177 g/mol. The first-order valence-corrected chi connectivity index (χ1v) is 3.80. The van der Waals surface area contributed by atoms with Crippen molar-refractivity contribution in [1.29, 1.82) is 10.5 Å². The van der Waals surface area contributed by atoms with Crippen molar-refractivity contribution in [2.45, 2.75) is 0 Å². The molecule has 0 aromatic rings. The lowest BCUT2D eigenvalue weighted by Crippen LogP contribution is -2.28. The third-order valence-electron chi connectivity index (χ3n) is 0.803. The van der Waals surface area contributed by atoms with Gasteiger partial charge >= 0.3 is 10.4 Å². The van der Waals surface area contributed by atoms with Crippen LogP contribution in [-0.2, 0) is 10.4 Å². The Balaban J connectivity index is 4.41. The summed E-state index contributed by atoms with van der Waals surface area (Å²) in [5.41, 5.74) is 0. The molecule has 0 amide bonds. The van der Waals surface area contributed by atoms with E-state index >= 15 is 0 Å². The van der Waals surface area contributed by atoms with Crippen molar-refractivity contribution in [3.05, 3.63) is 0 Å². The molecule has 0 rings (SSSR count). The molecule has 5 nitrogen and oxygen atoms in total. The van der Waals surface area contributed by atoms with E-state index in [-0.39, 0.29) is 4.31 Å². The van der Waals surface area contributed by atoms with Gasteiger partial charge in [-0.15, -0.1) is 4.31 Å². The van der Waals surface area contributed by atoms with Crippen LogP contribution in [0, 0.1) is 22.7 Å². The van der Waals surface area contributed by atoms with E-state index in [2.05, 4.69) is 0 Å². The van der Waals surface area contributed by atoms with Gasteiger partial charge in [0.2, 0.25) is 0 Å². The first-order valence-electron chi connectivity index (χ1n) is 2.46. The highest BCUT2D eigenvalue weighted by Gasteiger charge is 2.19. The van der Waals surface area contributed by atoms with Gasteiger partial charge in [-0.25, -0.2) is 0 Å². The second-order valence-corrected chi connectivity index (χ2v) is 2.87. The predicted octanol–water partition coefficient (Wildman–Crippen LogP) is -0.450. The van der Waals surface area contributed by atoms with E-state index in [9.17, 15) is 12.3 Å². The SMILES string of the molecule is N#CCN(CC#N)S(=O)(=O)F. The fourth-order valence-corrected chi connectivity index (χ4v) is 0.792. The summed E-state index contributed by atoms with van der Waals surface area (Å²) in [4.78, 5) is 0. The minimum atomic E-state index is -4.90. The van der Waals surface area contributed by atoms with Crippen LogP contribution in [0.15, 0.2) is 0 Å². The van der Waals surface area contributed by atoms with Crippen molar-refractivity contribution < 1.29 is 12.3 Å². The van der Waals surface area contributed by atoms with Crippen molar-refractivity contribution in [2.75, 3.05) is 13.1 Å². The normalized spacial score (nSPS) is 10.5. The van der Waals surface area contributed by atoms with Gasteiger partial charge in [0.1, 0.15) is 13.1 Å². The fourth-order valence-electron chi connectivity index (χ4n) is 0.368. The molecule has 0 saturated carbocycles. The van der Waals surface area contributed by atoms with Crippen molar-refractivity contribution in [3.8, 4) is 12.1 Å². The zero-order valence-corrected chi connectivity index (χ0v) is 6.18. The smallest absolute Gasteiger partial charge is 0.197 e. The second-order valence-electron chi connectivity index (χ2n) is 1.53. The molecule has 0 bridgehead atoms. The first-order chi connectivity index (χ1) is 5.02. The molecule has 0 radical (unpaired) electrons. The summed E-state index contributed by atoms with van der Waals surface area (Å²) in [5, 5.41) is 16.0. The van der Waals surface area contributed by atoms with E-state index in [1.54, 1.807) is 0 Å². The Morgan fingerprint density at radius 3 is 1.82 bits per heavy atom. The van der Waals surface area contributed by atoms with Gasteiger partial charge in [-0.1, -0.05) is 3.89 Å². The van der Waals surface area contributed by atoms with Gasteiger partial charge in [-0.05, 0) is 0 Å². The summed E-state index contributed by atoms with van der Waals surface area (Å²) in [6.45, 7) is -1.29. The second kappa shape index (κ2) is 3.86. The molecule has 0 aliphatic heterocycles. The third kappa shape index (κ3) is 3.50. The average molecular weight is 177 g/mol. The molecule has 7 heteroatoms. The third-order valence-corrected chi connectivity index (χ3v) is 1.68. The Hall–Kier alpha value is -1.18. The zero-order chi connectivity index (χ0) is 8.91. The zero-order valence-electron chi connectivity index (χ0n) is 5.36. The maximum Gasteiger partial charge on any atom is 0.376 e. The number of rotatable bonds is 3. The summed E-state index contributed by atoms with van der Waals surface area (Å²) in [5.74, 6) is 0. The lowest BCUT2D eigenvalue weighted by Gasteiger charge is -2.06. The van der Waals surface area contributed by atoms with Crippen LogP contribution in [0.3, 0.4) is 0 Å². The van der Waals surface area contributed by atoms with Crippen LogP contribution < -0.4 is 0 Å². The molecule has 0 spiro atoms. The van der Waals surface area contributed by atoms with Crippen molar-refractivity contribution in [2.24, 2.45) is 0 Å². The Morgan fingerprint density at radius 2 is 1.64 bits per heavy atom. The van der Waals surface area contributed by atoms with E-state index in [0.29, 0.717) is 0 Å². The van der Waals surface area contributed by atoms with Crippen LogP contribution in [0.25, 0.3) is 0 Å². The Kier molecular flexibility index (Phi) is 3.45. The minimum absolute atomic E-state index is 0.132. The Labute approximate surface area is 63.6 Å². The van der Waals surface area contributed by atoms with Gasteiger partial charge in [0, 0.05) is 0 Å². The van der Waals surface area contributed by atoms with E-state index in [0.717, 1.165) is 0 Å². The quantitative estimate of drug-likeness (QED) is 0.431. The van der Waals surface area contributed by atoms with Crippen LogP contribution in [0.1, 0.15) is 0 Å². The number of nitriles is 2. The van der Waals surface area contributed by atoms with Crippen molar-refractivity contribution in [1.82, 2.24) is 4.31 Å². The highest BCUT2D eigenvalue weighted by atomic mass is 32.3. The molecule has 0 aromatic carbocycles. The minimum Gasteiger partial charge on any atom is -0.197 e. The van der Waals surface area contributed by atoms with Gasteiger partial charge in [0.25, 0.3) is 0 Å². The van der Waals surface area contributed by atoms with Crippen LogP contribution in [0.4, 0.5) is 3.89 Å². The molecule has 11 heavy (non-hydrogen) atoms. The standard InChI is InChI=1S/C4H4FN3O2S/c5-11(9,10)8(3-1-6)4-2-7/h3-4H2. The van der Waals surface area contributed by atoms with Gasteiger partial charge in [-0.2, -0.15) is 18.9 Å². The van der Waals surface area contributed by atoms with Crippen LogP contribution in [-0.4, -0.2) is 25.8 Å². The first kappa shape index (κ1) is 9.82. The van der Waals surface area contributed by atoms with E-state index in [1.165, 1.54) is 12.1 Å². The molecule has 0 saturated heterocycles. The molecule has 0 heterocycles. The Morgan fingerprint density at radius 1 is 1.27 bits per heavy atom. The molecule has 0 aromatic heterocycles. The lowest BCUT2D eigenvalue weighted by molar-refractivity contribution is 0.440. The van der Waals surface area contributed by atoms with Gasteiger partial charge in [-0.3, -0.25) is 0 Å². The number of hydrogen-bond acceptors (Lipinski definition) is 4.